The maximum atomic E-state index is 9.06. The van der Waals surface area contributed by atoms with Gasteiger partial charge in [-0.25, -0.2) is 0 Å². The summed E-state index contributed by atoms with van der Waals surface area (Å²) in [5, 5.41) is 18.1. The number of hydrogen-bond acceptors (Lipinski definition) is 4. The summed E-state index contributed by atoms with van der Waals surface area (Å²) in [6, 6.07) is 8.16. The molecule has 0 amide bonds. The molecule has 5 heteroatoms. The number of piperidine rings is 1. The van der Waals surface area contributed by atoms with Gasteiger partial charge in [-0.15, -0.1) is 0 Å². The van der Waals surface area contributed by atoms with Gasteiger partial charge >= 0.3 is 7.12 Å². The topological polar surface area (TPSA) is 46.9 Å². The highest BCUT2D eigenvalue weighted by Crippen LogP contribution is 2.20. The molecule has 0 aromatic heterocycles. The molecule has 0 atom stereocenters. The van der Waals surface area contributed by atoms with Crippen molar-refractivity contribution in [1.82, 2.24) is 4.90 Å². The van der Waals surface area contributed by atoms with Gasteiger partial charge in [0.2, 0.25) is 0 Å². The van der Waals surface area contributed by atoms with Crippen LogP contribution in [0.25, 0.3) is 0 Å². The van der Waals surface area contributed by atoms with Gasteiger partial charge < -0.3 is 19.8 Å². The van der Waals surface area contributed by atoms with Crippen molar-refractivity contribution in [2.45, 2.75) is 18.9 Å². The summed E-state index contributed by atoms with van der Waals surface area (Å²) in [6.07, 6.45) is 2.36. The third-order valence-corrected chi connectivity index (χ3v) is 3.75. The smallest absolute Gasteiger partial charge is 0.423 e. The number of anilines is 1. The summed E-state index contributed by atoms with van der Waals surface area (Å²) < 4.78 is 0. The van der Waals surface area contributed by atoms with Crippen molar-refractivity contribution >= 4 is 18.3 Å². The molecule has 1 aromatic carbocycles. The maximum Gasteiger partial charge on any atom is 0.488 e. The number of rotatable bonds is 3. The van der Waals surface area contributed by atoms with Crippen molar-refractivity contribution in [2.24, 2.45) is 0 Å². The molecular formula is C13H21BN2O2. The van der Waals surface area contributed by atoms with Crippen molar-refractivity contribution in [3.8, 4) is 0 Å². The second kappa shape index (κ2) is 5.74. The molecule has 2 rings (SSSR count). The predicted molar refractivity (Wildman–Crippen MR) is 75.2 cm³/mol. The lowest BCUT2D eigenvalue weighted by atomic mass is 9.80. The van der Waals surface area contributed by atoms with Gasteiger partial charge in [0, 0.05) is 24.8 Å². The van der Waals surface area contributed by atoms with Crippen LogP contribution in [0.2, 0.25) is 0 Å². The second-order valence-electron chi connectivity index (χ2n) is 5.15. The van der Waals surface area contributed by atoms with Gasteiger partial charge in [-0.05, 0) is 44.5 Å². The van der Waals surface area contributed by atoms with Crippen molar-refractivity contribution in [1.29, 1.82) is 0 Å². The van der Waals surface area contributed by atoms with Crippen LogP contribution in [0.1, 0.15) is 12.8 Å². The van der Waals surface area contributed by atoms with Crippen LogP contribution in [-0.2, 0) is 0 Å². The van der Waals surface area contributed by atoms with Crippen LogP contribution >= 0.6 is 0 Å². The van der Waals surface area contributed by atoms with Crippen molar-refractivity contribution in [3.63, 3.8) is 0 Å². The lowest BCUT2D eigenvalue weighted by Crippen LogP contribution is -2.42. The average Bonchev–Trinajstić information content (AvgIpc) is 2.39. The van der Waals surface area contributed by atoms with Crippen LogP contribution < -0.4 is 10.4 Å². The zero-order valence-electron chi connectivity index (χ0n) is 11.1. The Morgan fingerprint density at radius 3 is 2.11 bits per heavy atom. The van der Waals surface area contributed by atoms with Crippen LogP contribution in [-0.4, -0.2) is 55.3 Å². The highest BCUT2D eigenvalue weighted by atomic mass is 16.4. The first kappa shape index (κ1) is 13.4. The standard InChI is InChI=1S/C13H21BN2O2/c1-15(2)12-7-9-16(10-8-12)13-5-3-11(4-6-13)14(17)18/h3-6,12,17-18H,7-10H2,1-2H3. The predicted octanol–water partition coefficient (Wildman–Crippen LogP) is -0.103. The molecule has 1 saturated heterocycles. The number of benzene rings is 1. The van der Waals surface area contributed by atoms with E-state index in [9.17, 15) is 0 Å². The van der Waals surface area contributed by atoms with Crippen LogP contribution in [0, 0.1) is 0 Å². The fraction of sp³-hybridized carbons (Fsp3) is 0.538. The average molecular weight is 248 g/mol. The summed E-state index contributed by atoms with van der Waals surface area (Å²) in [5.74, 6) is 0. The Hall–Kier alpha value is -1.04. The molecule has 0 spiro atoms. The summed E-state index contributed by atoms with van der Waals surface area (Å²) in [7, 11) is 2.90. The van der Waals surface area contributed by atoms with Gasteiger partial charge in [0.1, 0.15) is 0 Å². The Bertz CT molecular complexity index is 373. The first-order valence-electron chi connectivity index (χ1n) is 6.45. The summed E-state index contributed by atoms with van der Waals surface area (Å²) >= 11 is 0. The highest BCUT2D eigenvalue weighted by molar-refractivity contribution is 6.58. The van der Waals surface area contributed by atoms with E-state index in [1.165, 1.54) is 12.8 Å². The lowest BCUT2D eigenvalue weighted by Gasteiger charge is -2.36. The van der Waals surface area contributed by atoms with Crippen molar-refractivity contribution < 1.29 is 10.0 Å². The molecule has 1 fully saturated rings. The Balaban J connectivity index is 1.97. The molecule has 1 heterocycles. The molecule has 1 aliphatic heterocycles. The minimum Gasteiger partial charge on any atom is -0.423 e. The maximum absolute atomic E-state index is 9.06. The molecule has 0 radical (unpaired) electrons. The minimum absolute atomic E-state index is 0.543. The normalized spacial score (nSPS) is 17.3. The molecule has 0 aliphatic carbocycles. The zero-order valence-corrected chi connectivity index (χ0v) is 11.1. The molecule has 1 aromatic rings. The molecule has 0 unspecified atom stereocenters. The summed E-state index contributed by atoms with van der Waals surface area (Å²) in [4.78, 5) is 4.65. The largest absolute Gasteiger partial charge is 0.488 e. The van der Waals surface area contributed by atoms with E-state index in [1.807, 2.05) is 12.1 Å². The first-order chi connectivity index (χ1) is 8.58. The Morgan fingerprint density at radius 2 is 1.67 bits per heavy atom. The Kier molecular flexibility index (Phi) is 4.27. The SMILES string of the molecule is CN(C)C1CCN(c2ccc(B(O)O)cc2)CC1. The van der Waals surface area contributed by atoms with E-state index in [2.05, 4.69) is 23.9 Å². The Labute approximate surface area is 109 Å². The van der Waals surface area contributed by atoms with Crippen molar-refractivity contribution in [2.75, 3.05) is 32.1 Å². The van der Waals surface area contributed by atoms with E-state index < -0.39 is 7.12 Å². The molecule has 0 saturated carbocycles. The van der Waals surface area contributed by atoms with E-state index in [0.717, 1.165) is 18.8 Å². The summed E-state index contributed by atoms with van der Waals surface area (Å²) in [6.45, 7) is 2.12. The van der Waals surface area contributed by atoms with Crippen LogP contribution in [0.15, 0.2) is 24.3 Å². The number of nitrogens with zero attached hydrogens (tertiary/aromatic N) is 2. The molecule has 98 valence electrons. The molecular weight excluding hydrogens is 227 g/mol. The monoisotopic (exact) mass is 248 g/mol. The molecule has 4 nitrogen and oxygen atoms in total. The minimum atomic E-state index is -1.38. The third kappa shape index (κ3) is 3.04. The number of hydrogen-bond donors (Lipinski definition) is 2. The van der Waals surface area contributed by atoms with Gasteiger partial charge in [0.25, 0.3) is 0 Å². The highest BCUT2D eigenvalue weighted by Gasteiger charge is 2.21. The second-order valence-corrected chi connectivity index (χ2v) is 5.15. The zero-order chi connectivity index (χ0) is 13.1. The fourth-order valence-electron chi connectivity index (χ4n) is 2.50. The third-order valence-electron chi connectivity index (χ3n) is 3.75. The van der Waals surface area contributed by atoms with E-state index in [-0.39, 0.29) is 0 Å². The van der Waals surface area contributed by atoms with Gasteiger partial charge in [-0.1, -0.05) is 12.1 Å². The molecule has 18 heavy (non-hydrogen) atoms. The van der Waals surface area contributed by atoms with Gasteiger partial charge in [-0.2, -0.15) is 0 Å². The molecule has 2 N–H and O–H groups in total. The van der Waals surface area contributed by atoms with Crippen LogP contribution in [0.3, 0.4) is 0 Å². The first-order valence-corrected chi connectivity index (χ1v) is 6.45. The molecule has 1 aliphatic rings. The van der Waals surface area contributed by atoms with Crippen LogP contribution in [0.4, 0.5) is 5.69 Å². The van der Waals surface area contributed by atoms with Gasteiger partial charge in [-0.3, -0.25) is 0 Å². The Morgan fingerprint density at radius 1 is 1.11 bits per heavy atom. The van der Waals surface area contributed by atoms with Crippen LogP contribution in [0.5, 0.6) is 0 Å². The fourth-order valence-corrected chi connectivity index (χ4v) is 2.50. The van der Waals surface area contributed by atoms with E-state index in [0.29, 0.717) is 11.5 Å². The quantitative estimate of drug-likeness (QED) is 0.733. The molecule has 0 bridgehead atoms. The van der Waals surface area contributed by atoms with Crippen molar-refractivity contribution in [3.05, 3.63) is 24.3 Å². The van der Waals surface area contributed by atoms with E-state index in [4.69, 9.17) is 10.0 Å². The van der Waals surface area contributed by atoms with Gasteiger partial charge in [0.05, 0.1) is 0 Å². The van der Waals surface area contributed by atoms with E-state index in [1.54, 1.807) is 12.1 Å². The summed E-state index contributed by atoms with van der Waals surface area (Å²) in [5.41, 5.74) is 1.71. The van der Waals surface area contributed by atoms with E-state index >= 15 is 0 Å². The lowest BCUT2D eigenvalue weighted by molar-refractivity contribution is 0.249. The van der Waals surface area contributed by atoms with Gasteiger partial charge in [0.15, 0.2) is 0 Å².